The number of unbranched alkanes of at least 4 members (excludes halogenated alkanes) is 1. The second-order valence-corrected chi connectivity index (χ2v) is 7.17. The fourth-order valence-electron chi connectivity index (χ4n) is 3.37. The molecule has 0 heterocycles. The zero-order valence-corrected chi connectivity index (χ0v) is 15.6. The number of rotatable bonds is 6. The molecule has 0 unspecified atom stereocenters. The average molecular weight is 357 g/mol. The number of amides is 1. The summed E-state index contributed by atoms with van der Waals surface area (Å²) in [5.74, 6) is -0.0180. The fraction of sp³-hybridized carbons (Fsp3) is 0.381. The van der Waals surface area contributed by atoms with Crippen LogP contribution in [0.3, 0.4) is 0 Å². The lowest BCUT2D eigenvalue weighted by atomic mass is 10.1. The molecule has 0 radical (unpaired) electrons. The predicted octanol–water partition coefficient (Wildman–Crippen LogP) is 4.99. The summed E-state index contributed by atoms with van der Waals surface area (Å²) in [5.41, 5.74) is 4.28. The molecule has 1 aliphatic rings. The van der Waals surface area contributed by atoms with E-state index in [2.05, 4.69) is 24.2 Å². The van der Waals surface area contributed by atoms with Crippen molar-refractivity contribution in [1.29, 1.82) is 0 Å². The number of benzene rings is 2. The quantitative estimate of drug-likeness (QED) is 0.790. The van der Waals surface area contributed by atoms with Gasteiger partial charge in [0, 0.05) is 29.9 Å². The van der Waals surface area contributed by atoms with Crippen molar-refractivity contribution in [2.45, 2.75) is 38.6 Å². The largest absolute Gasteiger partial charge is 0.375 e. The first-order valence-electron chi connectivity index (χ1n) is 8.99. The third-order valence-corrected chi connectivity index (χ3v) is 5.14. The Morgan fingerprint density at radius 2 is 2.00 bits per heavy atom. The molecule has 25 heavy (non-hydrogen) atoms. The Balaban J connectivity index is 1.65. The molecular weight excluding hydrogens is 332 g/mol. The van der Waals surface area contributed by atoms with Crippen LogP contribution in [0.1, 0.15) is 53.7 Å². The van der Waals surface area contributed by atoms with Crippen molar-refractivity contribution >= 4 is 23.2 Å². The summed E-state index contributed by atoms with van der Waals surface area (Å²) in [6, 6.07) is 13.9. The van der Waals surface area contributed by atoms with Gasteiger partial charge in [-0.05, 0) is 66.8 Å². The van der Waals surface area contributed by atoms with Crippen LogP contribution < -0.4 is 10.2 Å². The Kier molecular flexibility index (Phi) is 5.64. The molecule has 0 aliphatic heterocycles. The molecule has 0 aromatic heterocycles. The molecule has 0 spiro atoms. The van der Waals surface area contributed by atoms with Gasteiger partial charge in [0.05, 0.1) is 6.04 Å². The minimum absolute atomic E-state index is 0.0180. The first-order valence-corrected chi connectivity index (χ1v) is 9.36. The molecule has 0 saturated carbocycles. The van der Waals surface area contributed by atoms with Gasteiger partial charge in [-0.25, -0.2) is 0 Å². The molecule has 1 amide bonds. The summed E-state index contributed by atoms with van der Waals surface area (Å²) < 4.78 is 0. The number of nitrogens with one attached hydrogen (secondary N) is 1. The summed E-state index contributed by atoms with van der Waals surface area (Å²) in [6.07, 6.45) is 4.24. The van der Waals surface area contributed by atoms with Crippen molar-refractivity contribution < 1.29 is 4.79 Å². The van der Waals surface area contributed by atoms with E-state index in [4.69, 9.17) is 11.6 Å². The molecule has 0 fully saturated rings. The first-order chi connectivity index (χ1) is 12.1. The Morgan fingerprint density at radius 1 is 1.24 bits per heavy atom. The molecule has 2 aromatic carbocycles. The molecule has 4 heteroatoms. The maximum atomic E-state index is 12.6. The van der Waals surface area contributed by atoms with E-state index in [0.29, 0.717) is 5.56 Å². The summed E-state index contributed by atoms with van der Waals surface area (Å²) in [5, 5.41) is 3.92. The van der Waals surface area contributed by atoms with Gasteiger partial charge in [-0.1, -0.05) is 31.0 Å². The number of anilines is 1. The molecule has 1 N–H and O–H groups in total. The Morgan fingerprint density at radius 3 is 2.72 bits per heavy atom. The molecule has 3 rings (SSSR count). The Labute approximate surface area is 155 Å². The lowest BCUT2D eigenvalue weighted by Gasteiger charge is -2.19. The highest BCUT2D eigenvalue weighted by molar-refractivity contribution is 6.30. The van der Waals surface area contributed by atoms with Crippen LogP contribution >= 0.6 is 11.6 Å². The van der Waals surface area contributed by atoms with Crippen LogP contribution in [0.5, 0.6) is 0 Å². The van der Waals surface area contributed by atoms with Gasteiger partial charge >= 0.3 is 0 Å². The number of hydrogen-bond acceptors (Lipinski definition) is 2. The van der Waals surface area contributed by atoms with Gasteiger partial charge in [-0.15, -0.1) is 0 Å². The summed E-state index contributed by atoms with van der Waals surface area (Å²) >= 11 is 6.05. The lowest BCUT2D eigenvalue weighted by molar-refractivity contribution is 0.0937. The number of carbonyl (C=O) groups is 1. The van der Waals surface area contributed by atoms with E-state index in [-0.39, 0.29) is 11.9 Å². The first kappa shape index (κ1) is 17.8. The highest BCUT2D eigenvalue weighted by Crippen LogP contribution is 2.33. The number of carbonyl (C=O) groups excluding carboxylic acids is 1. The van der Waals surface area contributed by atoms with E-state index in [0.717, 1.165) is 30.1 Å². The number of halogens is 1. The van der Waals surface area contributed by atoms with Gasteiger partial charge in [0.15, 0.2) is 0 Å². The van der Waals surface area contributed by atoms with E-state index in [1.807, 2.05) is 42.5 Å². The minimum atomic E-state index is -0.0180. The number of fused-ring (bicyclic) bond motifs is 1. The van der Waals surface area contributed by atoms with Gasteiger partial charge in [0.1, 0.15) is 0 Å². The van der Waals surface area contributed by atoms with Gasteiger partial charge in [0.2, 0.25) is 0 Å². The topological polar surface area (TPSA) is 32.3 Å². The monoisotopic (exact) mass is 356 g/mol. The number of nitrogens with zero attached hydrogens (tertiary/aromatic N) is 1. The van der Waals surface area contributed by atoms with Crippen LogP contribution in [0.2, 0.25) is 5.02 Å². The molecule has 132 valence electrons. The van der Waals surface area contributed by atoms with Gasteiger partial charge in [-0.3, -0.25) is 4.79 Å². The molecule has 2 aromatic rings. The highest BCUT2D eigenvalue weighted by atomic mass is 35.5. The van der Waals surface area contributed by atoms with Crippen molar-refractivity contribution in [3.63, 3.8) is 0 Å². The number of aryl methyl sites for hydroxylation is 1. The van der Waals surface area contributed by atoms with Gasteiger partial charge < -0.3 is 10.2 Å². The Hall–Kier alpha value is -2.00. The van der Waals surface area contributed by atoms with Crippen molar-refractivity contribution in [2.24, 2.45) is 0 Å². The SMILES string of the molecule is CCCCN(C)c1ccc(C(=O)N[C@@H]2CCc3cc(Cl)ccc32)cc1. The van der Waals surface area contributed by atoms with Gasteiger partial charge in [-0.2, -0.15) is 0 Å². The van der Waals surface area contributed by atoms with E-state index in [1.54, 1.807) is 0 Å². The fourth-order valence-corrected chi connectivity index (χ4v) is 3.56. The second-order valence-electron chi connectivity index (χ2n) is 6.73. The average Bonchev–Trinajstić information content (AvgIpc) is 3.01. The predicted molar refractivity (Wildman–Crippen MR) is 105 cm³/mol. The van der Waals surface area contributed by atoms with E-state index in [9.17, 15) is 4.79 Å². The van der Waals surface area contributed by atoms with Crippen molar-refractivity contribution in [3.8, 4) is 0 Å². The summed E-state index contributed by atoms with van der Waals surface area (Å²) in [6.45, 7) is 3.22. The smallest absolute Gasteiger partial charge is 0.251 e. The maximum absolute atomic E-state index is 12.6. The summed E-state index contributed by atoms with van der Waals surface area (Å²) in [4.78, 5) is 14.8. The third kappa shape index (κ3) is 4.16. The van der Waals surface area contributed by atoms with Crippen LogP contribution in [0.4, 0.5) is 5.69 Å². The van der Waals surface area contributed by atoms with E-state index < -0.39 is 0 Å². The highest BCUT2D eigenvalue weighted by Gasteiger charge is 2.24. The van der Waals surface area contributed by atoms with Crippen LogP contribution in [-0.4, -0.2) is 19.5 Å². The molecular formula is C21H25ClN2O. The second kappa shape index (κ2) is 7.92. The zero-order valence-electron chi connectivity index (χ0n) is 14.9. The molecule has 1 atom stereocenters. The standard InChI is InChI=1S/C21H25ClN2O/c1-3-4-13-24(2)18-9-5-15(6-10-18)21(25)23-20-12-7-16-14-17(22)8-11-19(16)20/h5-6,8-11,14,20H,3-4,7,12-13H2,1-2H3,(H,23,25)/t20-/m1/s1. The minimum Gasteiger partial charge on any atom is -0.375 e. The zero-order chi connectivity index (χ0) is 17.8. The summed E-state index contributed by atoms with van der Waals surface area (Å²) in [7, 11) is 2.09. The van der Waals surface area contributed by atoms with Crippen LogP contribution in [0, 0.1) is 0 Å². The third-order valence-electron chi connectivity index (χ3n) is 4.91. The lowest BCUT2D eigenvalue weighted by Crippen LogP contribution is -2.27. The van der Waals surface area contributed by atoms with Crippen molar-refractivity contribution in [1.82, 2.24) is 5.32 Å². The van der Waals surface area contributed by atoms with Crippen molar-refractivity contribution in [2.75, 3.05) is 18.5 Å². The van der Waals surface area contributed by atoms with E-state index in [1.165, 1.54) is 24.0 Å². The number of hydrogen-bond donors (Lipinski definition) is 1. The van der Waals surface area contributed by atoms with Crippen LogP contribution in [0.15, 0.2) is 42.5 Å². The molecule has 0 saturated heterocycles. The van der Waals surface area contributed by atoms with Gasteiger partial charge in [0.25, 0.3) is 5.91 Å². The molecule has 3 nitrogen and oxygen atoms in total. The molecule has 0 bridgehead atoms. The normalized spacial score (nSPS) is 15.7. The molecule has 1 aliphatic carbocycles. The van der Waals surface area contributed by atoms with Crippen molar-refractivity contribution in [3.05, 3.63) is 64.2 Å². The Bertz CT molecular complexity index is 742. The van der Waals surface area contributed by atoms with Crippen LogP contribution in [-0.2, 0) is 6.42 Å². The van der Waals surface area contributed by atoms with Crippen LogP contribution in [0.25, 0.3) is 0 Å². The maximum Gasteiger partial charge on any atom is 0.251 e. The van der Waals surface area contributed by atoms with E-state index >= 15 is 0 Å².